The topological polar surface area (TPSA) is 12.9 Å². The van der Waals surface area contributed by atoms with Gasteiger partial charge in [0, 0.05) is 11.9 Å². The molecule has 0 saturated carbocycles. The van der Waals surface area contributed by atoms with E-state index in [9.17, 15) is 0 Å². The van der Waals surface area contributed by atoms with Crippen LogP contribution < -0.4 is 0 Å². The molecule has 0 aromatic carbocycles. The predicted molar refractivity (Wildman–Crippen MR) is 36.5 cm³/mol. The SMILES string of the molecule is [AlH2][CH2]c1ccccn1. The summed E-state index contributed by atoms with van der Waals surface area (Å²) in [5.41, 5.74) is 1.22. The molecule has 1 aromatic rings. The molecule has 0 fully saturated rings. The first-order valence-electron chi connectivity index (χ1n) is 2.83. The van der Waals surface area contributed by atoms with Crippen LogP contribution in [0, 0.1) is 0 Å². The van der Waals surface area contributed by atoms with Gasteiger partial charge >= 0.3 is 0 Å². The molecule has 0 unspecified atom stereocenters. The number of rotatable bonds is 1. The number of hydrogen-bond donors (Lipinski definition) is 0. The second kappa shape index (κ2) is 2.86. The lowest BCUT2D eigenvalue weighted by atomic mass is 10.4. The lowest BCUT2D eigenvalue weighted by molar-refractivity contribution is 1.17. The summed E-state index contributed by atoms with van der Waals surface area (Å²) in [5.74, 6) is 0. The van der Waals surface area contributed by atoms with E-state index in [2.05, 4.69) is 11.1 Å². The van der Waals surface area contributed by atoms with Gasteiger partial charge in [0.15, 0.2) is 0 Å². The Morgan fingerprint density at radius 1 is 1.50 bits per heavy atom. The van der Waals surface area contributed by atoms with Crippen molar-refractivity contribution in [3.63, 3.8) is 0 Å². The zero-order chi connectivity index (χ0) is 5.82. The minimum Gasteiger partial charge on any atom is -0.263 e. The molecule has 0 atom stereocenters. The maximum Gasteiger partial charge on any atom is 0.220 e. The lowest BCUT2D eigenvalue weighted by Crippen LogP contribution is -1.85. The van der Waals surface area contributed by atoms with Crippen LogP contribution in [0.1, 0.15) is 5.69 Å². The van der Waals surface area contributed by atoms with Crippen molar-refractivity contribution in [2.75, 3.05) is 0 Å². The molecule has 0 aliphatic carbocycles. The standard InChI is InChI=1S/C6H6N.Al.2H/c1-6-4-2-3-5-7-6;;;/h2-5H,1H2;;;. The van der Waals surface area contributed by atoms with Gasteiger partial charge in [-0.2, -0.15) is 0 Å². The molecule has 0 spiro atoms. The summed E-state index contributed by atoms with van der Waals surface area (Å²) < 4.78 is 0. The molecule has 2 heteroatoms. The molecule has 0 N–H and O–H groups in total. The Labute approximate surface area is 57.2 Å². The van der Waals surface area contributed by atoms with E-state index in [0.717, 1.165) is 0 Å². The highest BCUT2D eigenvalue weighted by Gasteiger charge is 1.82. The number of hydrogen-bond acceptors (Lipinski definition) is 1. The van der Waals surface area contributed by atoms with Gasteiger partial charge in [-0.15, -0.1) is 0 Å². The maximum atomic E-state index is 4.13. The van der Waals surface area contributed by atoms with E-state index >= 15 is 0 Å². The minimum atomic E-state index is 1.17. The molecule has 0 saturated heterocycles. The van der Waals surface area contributed by atoms with Crippen LogP contribution in [0.15, 0.2) is 24.4 Å². The number of aromatic nitrogens is 1. The molecule has 40 valence electrons. The maximum absolute atomic E-state index is 4.13. The molecule has 1 heterocycles. The minimum absolute atomic E-state index is 1.17. The van der Waals surface area contributed by atoms with Crippen molar-refractivity contribution < 1.29 is 0 Å². The molecule has 1 aromatic heterocycles. The summed E-state index contributed by atoms with van der Waals surface area (Å²) in [7, 11) is 0. The largest absolute Gasteiger partial charge is 0.263 e. The summed E-state index contributed by atoms with van der Waals surface area (Å²) in [6.07, 6.45) is 1.84. The van der Waals surface area contributed by atoms with Crippen LogP contribution in [0.5, 0.6) is 0 Å². The summed E-state index contributed by atoms with van der Waals surface area (Å²) in [4.78, 5) is 4.13. The Hall–Kier alpha value is -0.318. The first-order chi connectivity index (χ1) is 3.93. The Bertz CT molecular complexity index is 150. The van der Waals surface area contributed by atoms with Gasteiger partial charge in [0.05, 0.1) is 0 Å². The van der Waals surface area contributed by atoms with Gasteiger partial charge in [-0.25, -0.2) is 0 Å². The fraction of sp³-hybridized carbons (Fsp3) is 0.167. The third kappa shape index (κ3) is 1.33. The van der Waals surface area contributed by atoms with Crippen LogP contribution in [0.3, 0.4) is 0 Å². The van der Waals surface area contributed by atoms with Crippen molar-refractivity contribution in [1.29, 1.82) is 0 Å². The van der Waals surface area contributed by atoms with Gasteiger partial charge in [0.2, 0.25) is 16.3 Å². The van der Waals surface area contributed by atoms with E-state index in [1.165, 1.54) is 27.3 Å². The highest BCUT2D eigenvalue weighted by atomic mass is 27.0. The van der Waals surface area contributed by atoms with Gasteiger partial charge < -0.3 is 0 Å². The zero-order valence-corrected chi connectivity index (χ0v) is 6.96. The predicted octanol–water partition coefficient (Wildman–Crippen LogP) is 0.215. The number of nitrogens with zero attached hydrogens (tertiary/aromatic N) is 1. The summed E-state index contributed by atoms with van der Waals surface area (Å²) in [6, 6.07) is 6.04. The second-order valence-electron chi connectivity index (χ2n) is 1.67. The highest BCUT2D eigenvalue weighted by Crippen LogP contribution is 1.89. The highest BCUT2D eigenvalue weighted by molar-refractivity contribution is 6.08. The van der Waals surface area contributed by atoms with Crippen molar-refractivity contribution in [3.8, 4) is 0 Å². The van der Waals surface area contributed by atoms with E-state index in [1.807, 2.05) is 18.3 Å². The fourth-order valence-corrected chi connectivity index (χ4v) is 1.03. The van der Waals surface area contributed by atoms with Crippen molar-refractivity contribution in [1.82, 2.24) is 4.98 Å². The van der Waals surface area contributed by atoms with Gasteiger partial charge in [-0.3, -0.25) is 4.98 Å². The Balaban J connectivity index is 2.83. The number of pyridine rings is 1. The molecular weight excluding hydrogens is 113 g/mol. The monoisotopic (exact) mass is 121 g/mol. The van der Waals surface area contributed by atoms with Gasteiger partial charge in [-0.1, -0.05) is 11.3 Å². The Morgan fingerprint density at radius 2 is 2.38 bits per heavy atom. The van der Waals surface area contributed by atoms with Crippen LogP contribution in [0.2, 0.25) is 0 Å². The lowest BCUT2D eigenvalue weighted by Gasteiger charge is -1.88. The molecule has 0 amide bonds. The van der Waals surface area contributed by atoms with Crippen LogP contribution in [0.25, 0.3) is 0 Å². The molecule has 0 aliphatic rings. The smallest absolute Gasteiger partial charge is 0.220 e. The van der Waals surface area contributed by atoms with Gasteiger partial charge in [0.25, 0.3) is 0 Å². The van der Waals surface area contributed by atoms with E-state index in [4.69, 9.17) is 0 Å². The third-order valence-corrected chi connectivity index (χ3v) is 1.81. The summed E-state index contributed by atoms with van der Waals surface area (Å²) >= 11 is 1.21. The molecular formula is C6H8AlN. The quantitative estimate of drug-likeness (QED) is 0.484. The van der Waals surface area contributed by atoms with E-state index in [0.29, 0.717) is 0 Å². The summed E-state index contributed by atoms with van der Waals surface area (Å²) in [6.45, 7) is 0. The van der Waals surface area contributed by atoms with Crippen LogP contribution in [-0.2, 0) is 5.28 Å². The first kappa shape index (κ1) is 5.81. The van der Waals surface area contributed by atoms with Crippen LogP contribution in [-0.4, -0.2) is 21.3 Å². The van der Waals surface area contributed by atoms with Crippen molar-refractivity contribution in [2.24, 2.45) is 0 Å². The molecule has 0 radical (unpaired) electrons. The van der Waals surface area contributed by atoms with Crippen molar-refractivity contribution in [2.45, 2.75) is 5.28 Å². The van der Waals surface area contributed by atoms with Crippen LogP contribution in [0.4, 0.5) is 0 Å². The molecule has 1 nitrogen and oxygen atoms in total. The van der Waals surface area contributed by atoms with Crippen molar-refractivity contribution >= 4 is 16.3 Å². The van der Waals surface area contributed by atoms with Gasteiger partial charge in [-0.05, 0) is 12.1 Å². The van der Waals surface area contributed by atoms with Crippen LogP contribution >= 0.6 is 0 Å². The fourth-order valence-electron chi connectivity index (χ4n) is 0.607. The molecule has 1 rings (SSSR count). The van der Waals surface area contributed by atoms with Gasteiger partial charge in [0.1, 0.15) is 0 Å². The first-order valence-corrected chi connectivity index (χ1v) is 4.25. The molecule has 0 bridgehead atoms. The second-order valence-corrected chi connectivity index (χ2v) is 2.38. The van der Waals surface area contributed by atoms with Crippen molar-refractivity contribution in [3.05, 3.63) is 30.1 Å². The Morgan fingerprint density at radius 3 is 2.75 bits per heavy atom. The molecule has 0 aliphatic heterocycles. The summed E-state index contributed by atoms with van der Waals surface area (Å²) in [5, 5.41) is 1.17. The third-order valence-electron chi connectivity index (χ3n) is 1.09. The average molecular weight is 121 g/mol. The van der Waals surface area contributed by atoms with E-state index < -0.39 is 0 Å². The normalized spacial score (nSPS) is 9.00. The van der Waals surface area contributed by atoms with E-state index in [-0.39, 0.29) is 0 Å². The van der Waals surface area contributed by atoms with E-state index in [1.54, 1.807) is 0 Å². The Kier molecular flexibility index (Phi) is 2.08. The zero-order valence-electron chi connectivity index (χ0n) is 4.96. The molecule has 8 heavy (non-hydrogen) atoms. The average Bonchev–Trinajstić information content (AvgIpc) is 1.90.